The van der Waals surface area contributed by atoms with Crippen LogP contribution in [-0.2, 0) is 4.74 Å². The lowest BCUT2D eigenvalue weighted by Crippen LogP contribution is -2.58. The number of hydrogen-bond donors (Lipinski definition) is 0. The van der Waals surface area contributed by atoms with Crippen LogP contribution in [0.4, 0.5) is 0 Å². The van der Waals surface area contributed by atoms with E-state index in [4.69, 9.17) is 4.74 Å². The van der Waals surface area contributed by atoms with Crippen molar-refractivity contribution in [1.29, 1.82) is 0 Å². The summed E-state index contributed by atoms with van der Waals surface area (Å²) >= 11 is 0. The van der Waals surface area contributed by atoms with Crippen LogP contribution in [0.5, 0.6) is 0 Å². The summed E-state index contributed by atoms with van der Waals surface area (Å²) in [6.45, 7) is 4.07. The maximum absolute atomic E-state index is 5.55. The second-order valence-corrected chi connectivity index (χ2v) is 4.22. The molecular weight excluding hydrogens is 148 g/mol. The smallest absolute Gasteiger partial charge is 0.0566 e. The molecule has 64 valence electrons. The fourth-order valence-electron chi connectivity index (χ4n) is 3.16. The highest BCUT2D eigenvalue weighted by atomic mass is 16.5. The molecule has 1 saturated carbocycles. The molecule has 1 unspecified atom stereocenters. The normalized spacial score (nSPS) is 54.6. The standard InChI is InChI=1S/C11H14O/c1-2-3-8-9-4-5-11(9)7-12-6-10(8)11/h2-5,8-10H,6-7H2,1H3/b3-2+/t8-,9+,10+,11?/m1/s1. The molecular formula is C11H14O. The fraction of sp³-hybridized carbons (Fsp3) is 0.636. The molecule has 1 spiro atoms. The zero-order valence-corrected chi connectivity index (χ0v) is 7.36. The molecule has 2 aliphatic carbocycles. The van der Waals surface area contributed by atoms with Gasteiger partial charge in [-0.25, -0.2) is 0 Å². The molecule has 0 amide bonds. The molecule has 1 heterocycles. The van der Waals surface area contributed by atoms with Crippen LogP contribution in [0, 0.1) is 23.2 Å². The van der Waals surface area contributed by atoms with Crippen molar-refractivity contribution in [3.05, 3.63) is 24.3 Å². The maximum atomic E-state index is 5.55. The van der Waals surface area contributed by atoms with Crippen molar-refractivity contribution in [1.82, 2.24) is 0 Å². The van der Waals surface area contributed by atoms with Crippen LogP contribution < -0.4 is 0 Å². The van der Waals surface area contributed by atoms with Crippen LogP contribution in [0.25, 0.3) is 0 Å². The van der Waals surface area contributed by atoms with Crippen LogP contribution in [-0.4, -0.2) is 13.2 Å². The largest absolute Gasteiger partial charge is 0.380 e. The Kier molecular flexibility index (Phi) is 1.16. The molecule has 3 rings (SSSR count). The molecule has 0 N–H and O–H groups in total. The predicted octanol–water partition coefficient (Wildman–Crippen LogP) is 2.01. The molecule has 2 fully saturated rings. The van der Waals surface area contributed by atoms with Crippen molar-refractivity contribution in [3.63, 3.8) is 0 Å². The van der Waals surface area contributed by atoms with Gasteiger partial charge in [0, 0.05) is 11.3 Å². The van der Waals surface area contributed by atoms with Gasteiger partial charge in [-0.3, -0.25) is 0 Å². The zero-order chi connectivity index (χ0) is 8.18. The third-order valence-corrected chi connectivity index (χ3v) is 3.87. The van der Waals surface area contributed by atoms with Gasteiger partial charge in [-0.05, 0) is 18.8 Å². The third-order valence-electron chi connectivity index (χ3n) is 3.87. The van der Waals surface area contributed by atoms with Gasteiger partial charge in [0.05, 0.1) is 13.2 Å². The SMILES string of the molecule is C/C=C/[C@@H]1[C@@H]2C=CC23COC[C@@H]13. The van der Waals surface area contributed by atoms with Crippen molar-refractivity contribution >= 4 is 0 Å². The molecule has 1 heteroatoms. The number of allylic oxidation sites excluding steroid dienone is 3. The fourth-order valence-corrected chi connectivity index (χ4v) is 3.16. The van der Waals surface area contributed by atoms with Crippen LogP contribution in [0.1, 0.15) is 6.92 Å². The molecule has 3 aliphatic rings. The molecule has 1 nitrogen and oxygen atoms in total. The zero-order valence-electron chi connectivity index (χ0n) is 7.36. The molecule has 4 atom stereocenters. The topological polar surface area (TPSA) is 9.23 Å². The van der Waals surface area contributed by atoms with Crippen LogP contribution in [0.15, 0.2) is 24.3 Å². The van der Waals surface area contributed by atoms with Crippen molar-refractivity contribution in [2.45, 2.75) is 6.92 Å². The summed E-state index contributed by atoms with van der Waals surface area (Å²) in [5, 5.41) is 0. The molecule has 12 heavy (non-hydrogen) atoms. The highest BCUT2D eigenvalue weighted by molar-refractivity contribution is 5.34. The van der Waals surface area contributed by atoms with Gasteiger partial charge in [0.1, 0.15) is 0 Å². The molecule has 0 aromatic carbocycles. The maximum Gasteiger partial charge on any atom is 0.0566 e. The number of rotatable bonds is 1. The van der Waals surface area contributed by atoms with E-state index in [1.54, 1.807) is 0 Å². The summed E-state index contributed by atoms with van der Waals surface area (Å²) in [4.78, 5) is 0. The number of hydrogen-bond acceptors (Lipinski definition) is 1. The lowest BCUT2D eigenvalue weighted by Gasteiger charge is -2.59. The Hall–Kier alpha value is -0.560. The lowest BCUT2D eigenvalue weighted by molar-refractivity contribution is -0.0130. The van der Waals surface area contributed by atoms with Crippen molar-refractivity contribution in [2.24, 2.45) is 23.2 Å². The van der Waals surface area contributed by atoms with E-state index < -0.39 is 0 Å². The molecule has 0 bridgehead atoms. The Bertz CT molecular complexity index is 266. The second kappa shape index (κ2) is 2.02. The summed E-state index contributed by atoms with van der Waals surface area (Å²) in [5.74, 6) is 2.38. The third kappa shape index (κ3) is 0.535. The van der Waals surface area contributed by atoms with E-state index in [9.17, 15) is 0 Å². The molecule has 0 aromatic heterocycles. The summed E-state index contributed by atoms with van der Waals surface area (Å²) < 4.78 is 5.55. The van der Waals surface area contributed by atoms with E-state index in [-0.39, 0.29) is 0 Å². The van der Waals surface area contributed by atoms with Crippen LogP contribution >= 0.6 is 0 Å². The van der Waals surface area contributed by atoms with Gasteiger partial charge in [0.15, 0.2) is 0 Å². The van der Waals surface area contributed by atoms with Gasteiger partial charge in [0.25, 0.3) is 0 Å². The van der Waals surface area contributed by atoms with E-state index in [0.717, 1.165) is 31.0 Å². The minimum absolute atomic E-state index is 0.490. The van der Waals surface area contributed by atoms with E-state index >= 15 is 0 Å². The van der Waals surface area contributed by atoms with Crippen molar-refractivity contribution < 1.29 is 4.74 Å². The average molecular weight is 162 g/mol. The van der Waals surface area contributed by atoms with E-state index in [0.29, 0.717) is 5.41 Å². The summed E-state index contributed by atoms with van der Waals surface area (Å²) in [7, 11) is 0. The Balaban J connectivity index is 1.91. The van der Waals surface area contributed by atoms with Gasteiger partial charge in [0.2, 0.25) is 0 Å². The van der Waals surface area contributed by atoms with E-state index in [2.05, 4.69) is 31.2 Å². The quantitative estimate of drug-likeness (QED) is 0.536. The minimum Gasteiger partial charge on any atom is -0.380 e. The highest BCUT2D eigenvalue weighted by Gasteiger charge is 2.65. The molecule has 0 aromatic rings. The van der Waals surface area contributed by atoms with Gasteiger partial charge >= 0.3 is 0 Å². The first-order valence-corrected chi connectivity index (χ1v) is 4.78. The summed E-state index contributed by atoms with van der Waals surface area (Å²) in [6.07, 6.45) is 9.26. The predicted molar refractivity (Wildman–Crippen MR) is 47.7 cm³/mol. The Labute approximate surface area is 73.1 Å². The van der Waals surface area contributed by atoms with Gasteiger partial charge in [-0.15, -0.1) is 0 Å². The molecule has 0 radical (unpaired) electrons. The van der Waals surface area contributed by atoms with E-state index in [1.807, 2.05) is 0 Å². The Morgan fingerprint density at radius 2 is 2.50 bits per heavy atom. The first-order valence-electron chi connectivity index (χ1n) is 4.78. The first-order chi connectivity index (χ1) is 5.88. The Morgan fingerprint density at radius 1 is 1.58 bits per heavy atom. The molecule has 1 saturated heterocycles. The summed E-state index contributed by atoms with van der Waals surface area (Å²) in [5.41, 5.74) is 0.490. The Morgan fingerprint density at radius 3 is 3.17 bits per heavy atom. The molecule has 1 aliphatic heterocycles. The van der Waals surface area contributed by atoms with Gasteiger partial charge in [-0.1, -0.05) is 24.3 Å². The monoisotopic (exact) mass is 162 g/mol. The first kappa shape index (κ1) is 6.90. The average Bonchev–Trinajstić information content (AvgIpc) is 2.45. The summed E-state index contributed by atoms with van der Waals surface area (Å²) in [6, 6.07) is 0. The van der Waals surface area contributed by atoms with Crippen LogP contribution in [0.3, 0.4) is 0 Å². The van der Waals surface area contributed by atoms with Crippen molar-refractivity contribution in [2.75, 3.05) is 13.2 Å². The van der Waals surface area contributed by atoms with Crippen molar-refractivity contribution in [3.8, 4) is 0 Å². The lowest BCUT2D eigenvalue weighted by atomic mass is 9.43. The minimum atomic E-state index is 0.490. The van der Waals surface area contributed by atoms with Crippen LogP contribution in [0.2, 0.25) is 0 Å². The van der Waals surface area contributed by atoms with E-state index in [1.165, 1.54) is 0 Å². The number of ether oxygens (including phenoxy) is 1. The van der Waals surface area contributed by atoms with Gasteiger partial charge in [-0.2, -0.15) is 0 Å². The highest BCUT2D eigenvalue weighted by Crippen LogP contribution is 2.66. The van der Waals surface area contributed by atoms with Gasteiger partial charge < -0.3 is 4.74 Å². The second-order valence-electron chi connectivity index (χ2n) is 4.22.